The van der Waals surface area contributed by atoms with Crippen molar-refractivity contribution in [1.29, 1.82) is 0 Å². The van der Waals surface area contributed by atoms with Crippen LogP contribution in [0.25, 0.3) is 0 Å². The molecule has 1 unspecified atom stereocenters. The van der Waals surface area contributed by atoms with Crippen molar-refractivity contribution in [3.63, 3.8) is 0 Å². The van der Waals surface area contributed by atoms with Gasteiger partial charge in [0.05, 0.1) is 11.4 Å². The molecule has 2 aliphatic rings. The third kappa shape index (κ3) is 1.86. The lowest BCUT2D eigenvalue weighted by Crippen LogP contribution is -2.33. The highest BCUT2D eigenvalue weighted by atomic mass is 16.6. The van der Waals surface area contributed by atoms with Crippen molar-refractivity contribution in [2.45, 2.75) is 31.8 Å². The van der Waals surface area contributed by atoms with E-state index < -0.39 is 5.60 Å². The Morgan fingerprint density at radius 2 is 2.05 bits per heavy atom. The summed E-state index contributed by atoms with van der Waals surface area (Å²) in [5.41, 5.74) is 2.40. The number of allylic oxidation sites excluding steroid dienone is 1. The Kier molecular flexibility index (Phi) is 2.70. The smallest absolute Gasteiger partial charge is 0.419 e. The van der Waals surface area contributed by atoms with Gasteiger partial charge in [-0.3, -0.25) is 0 Å². The summed E-state index contributed by atoms with van der Waals surface area (Å²) in [5, 5.41) is 0. The summed E-state index contributed by atoms with van der Waals surface area (Å²) in [6.45, 7) is 6.23. The van der Waals surface area contributed by atoms with Crippen LogP contribution in [0.5, 0.6) is 0 Å². The lowest BCUT2D eigenvalue weighted by molar-refractivity contribution is 0.0629. The van der Waals surface area contributed by atoms with Crippen molar-refractivity contribution >= 4 is 11.8 Å². The number of nitrogens with zero attached hydrogens (tertiary/aromatic N) is 1. The van der Waals surface area contributed by atoms with Crippen LogP contribution in [0.1, 0.15) is 26.2 Å². The minimum Gasteiger partial charge on any atom is -0.435 e. The Bertz CT molecular complexity index is 561. The van der Waals surface area contributed by atoms with Crippen LogP contribution in [-0.2, 0) is 4.74 Å². The summed E-state index contributed by atoms with van der Waals surface area (Å²) in [4.78, 5) is 13.8. The summed E-state index contributed by atoms with van der Waals surface area (Å²) in [6, 6.07) is 9.54. The van der Waals surface area contributed by atoms with Crippen LogP contribution < -0.4 is 4.90 Å². The molecular formula is C16H17NO2. The molecule has 1 spiro atoms. The van der Waals surface area contributed by atoms with E-state index in [9.17, 15) is 4.79 Å². The molecule has 0 saturated carbocycles. The van der Waals surface area contributed by atoms with Gasteiger partial charge < -0.3 is 4.74 Å². The van der Waals surface area contributed by atoms with Crippen molar-refractivity contribution < 1.29 is 9.53 Å². The van der Waals surface area contributed by atoms with Gasteiger partial charge in [-0.05, 0) is 31.9 Å². The van der Waals surface area contributed by atoms with Gasteiger partial charge in [-0.2, -0.15) is 0 Å². The Morgan fingerprint density at radius 3 is 2.68 bits per heavy atom. The quantitative estimate of drug-likeness (QED) is 0.709. The Morgan fingerprint density at radius 1 is 1.32 bits per heavy atom. The Labute approximate surface area is 113 Å². The van der Waals surface area contributed by atoms with E-state index in [1.807, 2.05) is 30.3 Å². The maximum atomic E-state index is 12.2. The zero-order chi connectivity index (χ0) is 13.5. The van der Waals surface area contributed by atoms with Crippen LogP contribution in [0.3, 0.4) is 0 Å². The van der Waals surface area contributed by atoms with Gasteiger partial charge in [-0.1, -0.05) is 36.4 Å². The number of carbonyl (C=O) groups excluding carboxylic acids is 1. The van der Waals surface area contributed by atoms with Crippen LogP contribution in [-0.4, -0.2) is 11.7 Å². The van der Waals surface area contributed by atoms with E-state index in [4.69, 9.17) is 4.74 Å². The fourth-order valence-electron chi connectivity index (χ4n) is 2.72. The van der Waals surface area contributed by atoms with E-state index in [0.29, 0.717) is 0 Å². The topological polar surface area (TPSA) is 29.5 Å². The fourth-order valence-corrected chi connectivity index (χ4v) is 2.72. The molecule has 1 aromatic rings. The first-order valence-corrected chi connectivity index (χ1v) is 6.56. The molecule has 3 heteroatoms. The van der Waals surface area contributed by atoms with Gasteiger partial charge in [0.2, 0.25) is 0 Å². The third-order valence-electron chi connectivity index (χ3n) is 3.98. The van der Waals surface area contributed by atoms with Gasteiger partial charge in [0.1, 0.15) is 0 Å². The SMILES string of the molecule is C=C1N(c2ccccc2)C(=O)OC12CC=C(C)CC2. The van der Waals surface area contributed by atoms with Gasteiger partial charge in [0.15, 0.2) is 5.60 Å². The Hall–Kier alpha value is -2.03. The van der Waals surface area contributed by atoms with Crippen molar-refractivity contribution in [2.75, 3.05) is 4.90 Å². The molecule has 0 bridgehead atoms. The molecule has 1 aromatic carbocycles. The van der Waals surface area contributed by atoms with Crippen molar-refractivity contribution in [3.8, 4) is 0 Å². The average molecular weight is 255 g/mol. The highest BCUT2D eigenvalue weighted by Gasteiger charge is 2.49. The number of rotatable bonds is 1. The summed E-state index contributed by atoms with van der Waals surface area (Å²) in [5.74, 6) is 0. The van der Waals surface area contributed by atoms with E-state index in [1.54, 1.807) is 4.90 Å². The molecule has 0 N–H and O–H groups in total. The molecule has 19 heavy (non-hydrogen) atoms. The van der Waals surface area contributed by atoms with E-state index in [-0.39, 0.29) is 6.09 Å². The van der Waals surface area contributed by atoms with Crippen LogP contribution in [0.2, 0.25) is 0 Å². The van der Waals surface area contributed by atoms with E-state index in [1.165, 1.54) is 5.57 Å². The summed E-state index contributed by atoms with van der Waals surface area (Å²) >= 11 is 0. The largest absolute Gasteiger partial charge is 0.435 e. The second kappa shape index (κ2) is 4.26. The number of hydrogen-bond acceptors (Lipinski definition) is 2. The Balaban J connectivity index is 1.94. The highest BCUT2D eigenvalue weighted by Crippen LogP contribution is 2.44. The van der Waals surface area contributed by atoms with Crippen molar-refractivity contribution in [3.05, 3.63) is 54.3 Å². The molecule has 1 heterocycles. The van der Waals surface area contributed by atoms with Gasteiger partial charge in [-0.25, -0.2) is 9.69 Å². The third-order valence-corrected chi connectivity index (χ3v) is 3.98. The standard InChI is InChI=1S/C16H17NO2/c1-12-8-10-16(11-9-12)13(2)17(15(18)19-16)14-6-4-3-5-7-14/h3-8H,2,9-11H2,1H3. The maximum absolute atomic E-state index is 12.2. The number of para-hydroxylation sites is 1. The monoisotopic (exact) mass is 255 g/mol. The number of ether oxygens (including phenoxy) is 1. The molecular weight excluding hydrogens is 238 g/mol. The molecule has 3 nitrogen and oxygen atoms in total. The van der Waals surface area contributed by atoms with Crippen LogP contribution in [0.4, 0.5) is 10.5 Å². The number of amides is 1. The molecule has 3 rings (SSSR count). The lowest BCUT2D eigenvalue weighted by atomic mass is 9.84. The fraction of sp³-hybridized carbons (Fsp3) is 0.312. The number of hydrogen-bond donors (Lipinski definition) is 0. The van der Waals surface area contributed by atoms with Crippen molar-refractivity contribution in [2.24, 2.45) is 0 Å². The first-order chi connectivity index (χ1) is 9.12. The maximum Gasteiger partial charge on any atom is 0.419 e. The van der Waals surface area contributed by atoms with Crippen LogP contribution in [0.15, 0.2) is 54.3 Å². The first kappa shape index (κ1) is 12.0. The molecule has 1 saturated heterocycles. The predicted octanol–water partition coefficient (Wildman–Crippen LogP) is 4.03. The van der Waals surface area contributed by atoms with E-state index in [2.05, 4.69) is 19.6 Å². The number of benzene rings is 1. The average Bonchev–Trinajstić information content (AvgIpc) is 2.66. The minimum atomic E-state index is -0.535. The van der Waals surface area contributed by atoms with Gasteiger partial charge in [0, 0.05) is 6.42 Å². The van der Waals surface area contributed by atoms with Crippen LogP contribution >= 0.6 is 0 Å². The number of carbonyl (C=O) groups is 1. The van der Waals surface area contributed by atoms with E-state index >= 15 is 0 Å². The minimum absolute atomic E-state index is 0.316. The molecule has 0 radical (unpaired) electrons. The molecule has 1 fully saturated rings. The van der Waals surface area contributed by atoms with Gasteiger partial charge in [0.25, 0.3) is 0 Å². The zero-order valence-corrected chi connectivity index (χ0v) is 11.1. The van der Waals surface area contributed by atoms with Gasteiger partial charge in [-0.15, -0.1) is 0 Å². The first-order valence-electron chi connectivity index (χ1n) is 6.56. The van der Waals surface area contributed by atoms with Gasteiger partial charge >= 0.3 is 6.09 Å². The second-order valence-electron chi connectivity index (χ2n) is 5.23. The predicted molar refractivity (Wildman–Crippen MR) is 74.9 cm³/mol. The summed E-state index contributed by atoms with van der Waals surface area (Å²) < 4.78 is 5.66. The van der Waals surface area contributed by atoms with E-state index in [0.717, 1.165) is 30.6 Å². The zero-order valence-electron chi connectivity index (χ0n) is 11.1. The molecule has 1 aliphatic heterocycles. The molecule has 1 atom stereocenters. The number of anilines is 1. The molecule has 0 aromatic heterocycles. The molecule has 98 valence electrons. The summed E-state index contributed by atoms with van der Waals surface area (Å²) in [7, 11) is 0. The summed E-state index contributed by atoms with van der Waals surface area (Å²) in [6.07, 6.45) is 4.34. The lowest BCUT2D eigenvalue weighted by Gasteiger charge is -2.31. The normalized spacial score (nSPS) is 26.6. The second-order valence-corrected chi connectivity index (χ2v) is 5.23. The molecule has 1 amide bonds. The van der Waals surface area contributed by atoms with Crippen LogP contribution in [0, 0.1) is 0 Å². The highest BCUT2D eigenvalue weighted by molar-refractivity contribution is 5.95. The van der Waals surface area contributed by atoms with Crippen molar-refractivity contribution in [1.82, 2.24) is 0 Å². The molecule has 1 aliphatic carbocycles.